The molecule has 0 saturated carbocycles. The molecule has 0 aromatic heterocycles. The summed E-state index contributed by atoms with van der Waals surface area (Å²) in [5.41, 5.74) is 0. The van der Waals surface area contributed by atoms with Crippen molar-refractivity contribution in [3.63, 3.8) is 0 Å². The topological polar surface area (TPSA) is 78.9 Å². The predicted octanol–water partition coefficient (Wildman–Crippen LogP) is 19.7. The summed E-state index contributed by atoms with van der Waals surface area (Å²) in [5, 5.41) is 0. The zero-order chi connectivity index (χ0) is 47.9. The second-order valence-corrected chi connectivity index (χ2v) is 20.3. The van der Waals surface area contributed by atoms with Crippen LogP contribution in [-0.2, 0) is 28.6 Å². The molecule has 0 bridgehead atoms. The highest BCUT2D eigenvalue weighted by molar-refractivity contribution is 5.71. The van der Waals surface area contributed by atoms with Crippen molar-refractivity contribution in [2.24, 2.45) is 0 Å². The number of carbonyl (C=O) groups is 3. The predicted molar refractivity (Wildman–Crippen MR) is 284 cm³/mol. The Hall–Kier alpha value is -1.85. The van der Waals surface area contributed by atoms with Gasteiger partial charge in [-0.05, 0) is 44.9 Å². The Kier molecular flexibility index (Phi) is 54.2. The van der Waals surface area contributed by atoms with Crippen LogP contribution in [-0.4, -0.2) is 37.2 Å². The van der Waals surface area contributed by atoms with Crippen LogP contribution in [0.15, 0.2) is 12.2 Å². The van der Waals surface area contributed by atoms with E-state index in [1.165, 1.54) is 238 Å². The van der Waals surface area contributed by atoms with Gasteiger partial charge in [-0.25, -0.2) is 0 Å². The molecule has 66 heavy (non-hydrogen) atoms. The number of unbranched alkanes of at least 4 members (excludes halogenated alkanes) is 42. The van der Waals surface area contributed by atoms with E-state index in [1.54, 1.807) is 0 Å². The van der Waals surface area contributed by atoms with E-state index in [0.29, 0.717) is 19.3 Å². The molecule has 0 rings (SSSR count). The van der Waals surface area contributed by atoms with Crippen LogP contribution in [0.1, 0.15) is 335 Å². The number of esters is 3. The SMILES string of the molecule is CCCCCCCC/C=C\CCCCCCCCCCCC(=O)OC[C@@H](COC(=O)CCCCCCCCCCCCCCC)OC(=O)CCCCCCCCCCCCCCCCCC. The normalized spacial score (nSPS) is 12.0. The average Bonchev–Trinajstić information content (AvgIpc) is 3.31. The van der Waals surface area contributed by atoms with Crippen LogP contribution in [0.3, 0.4) is 0 Å². The van der Waals surface area contributed by atoms with Gasteiger partial charge in [-0.2, -0.15) is 0 Å². The van der Waals surface area contributed by atoms with Gasteiger partial charge in [0.25, 0.3) is 0 Å². The molecule has 390 valence electrons. The van der Waals surface area contributed by atoms with Crippen molar-refractivity contribution in [1.82, 2.24) is 0 Å². The van der Waals surface area contributed by atoms with Crippen molar-refractivity contribution in [1.29, 1.82) is 0 Å². The van der Waals surface area contributed by atoms with E-state index in [1.807, 2.05) is 0 Å². The first-order valence-electron chi connectivity index (χ1n) is 29.7. The Labute approximate surface area is 411 Å². The van der Waals surface area contributed by atoms with Gasteiger partial charge in [0.15, 0.2) is 6.10 Å². The number of hydrogen-bond donors (Lipinski definition) is 0. The lowest BCUT2D eigenvalue weighted by molar-refractivity contribution is -0.167. The molecule has 6 nitrogen and oxygen atoms in total. The summed E-state index contributed by atoms with van der Waals surface area (Å²) in [6, 6.07) is 0. The Balaban J connectivity index is 4.29. The molecule has 0 heterocycles. The van der Waals surface area contributed by atoms with Crippen molar-refractivity contribution in [2.75, 3.05) is 13.2 Å². The molecule has 0 aromatic rings. The third kappa shape index (κ3) is 53.1. The zero-order valence-corrected chi connectivity index (χ0v) is 44.7. The van der Waals surface area contributed by atoms with Crippen molar-refractivity contribution in [3.05, 3.63) is 12.2 Å². The zero-order valence-electron chi connectivity index (χ0n) is 44.7. The molecule has 0 aliphatic heterocycles. The first-order chi connectivity index (χ1) is 32.5. The molecule has 0 amide bonds. The highest BCUT2D eigenvalue weighted by atomic mass is 16.6. The fourth-order valence-electron chi connectivity index (χ4n) is 9.03. The minimum absolute atomic E-state index is 0.0643. The van der Waals surface area contributed by atoms with Gasteiger partial charge in [-0.15, -0.1) is 0 Å². The second-order valence-electron chi connectivity index (χ2n) is 20.3. The molecule has 0 saturated heterocycles. The van der Waals surface area contributed by atoms with Crippen LogP contribution in [0.4, 0.5) is 0 Å². The summed E-state index contributed by atoms with van der Waals surface area (Å²) >= 11 is 0. The second kappa shape index (κ2) is 55.7. The lowest BCUT2D eigenvalue weighted by Crippen LogP contribution is -2.30. The van der Waals surface area contributed by atoms with Crippen LogP contribution >= 0.6 is 0 Å². The molecule has 1 atom stereocenters. The number of carbonyl (C=O) groups excluding carboxylic acids is 3. The monoisotopic (exact) mass is 931 g/mol. The number of rotatable bonds is 55. The van der Waals surface area contributed by atoms with E-state index in [-0.39, 0.29) is 31.1 Å². The Morgan fingerprint density at radius 2 is 0.500 bits per heavy atom. The third-order valence-corrected chi connectivity index (χ3v) is 13.5. The van der Waals surface area contributed by atoms with Gasteiger partial charge in [-0.3, -0.25) is 14.4 Å². The molecule has 0 aliphatic rings. The highest BCUT2D eigenvalue weighted by Gasteiger charge is 2.19. The molecule has 0 N–H and O–H groups in total. The van der Waals surface area contributed by atoms with Gasteiger partial charge < -0.3 is 14.2 Å². The maximum absolute atomic E-state index is 12.9. The van der Waals surface area contributed by atoms with Crippen LogP contribution < -0.4 is 0 Å². The summed E-state index contributed by atoms with van der Waals surface area (Å²) in [7, 11) is 0. The van der Waals surface area contributed by atoms with E-state index >= 15 is 0 Å². The molecular weight excluding hydrogens is 817 g/mol. The summed E-state index contributed by atoms with van der Waals surface area (Å²) < 4.78 is 16.9. The minimum atomic E-state index is -0.765. The summed E-state index contributed by atoms with van der Waals surface area (Å²) in [4.78, 5) is 38.2. The largest absolute Gasteiger partial charge is 0.462 e. The summed E-state index contributed by atoms with van der Waals surface area (Å²) in [5.74, 6) is -0.840. The van der Waals surface area contributed by atoms with E-state index in [4.69, 9.17) is 14.2 Å². The maximum Gasteiger partial charge on any atom is 0.306 e. The fourth-order valence-corrected chi connectivity index (χ4v) is 9.03. The number of hydrogen-bond acceptors (Lipinski definition) is 6. The van der Waals surface area contributed by atoms with Gasteiger partial charge in [0.1, 0.15) is 13.2 Å². The van der Waals surface area contributed by atoms with E-state index in [0.717, 1.165) is 57.8 Å². The Bertz CT molecular complexity index is 1020. The van der Waals surface area contributed by atoms with Gasteiger partial charge in [0.05, 0.1) is 0 Å². The van der Waals surface area contributed by atoms with Crippen LogP contribution in [0.25, 0.3) is 0 Å². The van der Waals surface area contributed by atoms with Gasteiger partial charge in [-0.1, -0.05) is 283 Å². The standard InChI is InChI=1S/C60H114O6/c1-4-7-10-13-16-19-22-25-27-29-30-31-33-35-38-41-44-47-50-53-59(62)65-56-57(55-64-58(61)52-49-46-43-40-37-34-24-21-18-15-12-9-6-3)66-60(63)54-51-48-45-42-39-36-32-28-26-23-20-17-14-11-8-5-2/h25,27,57H,4-24,26,28-56H2,1-3H3/b27-25-/t57-/m1/s1. The van der Waals surface area contributed by atoms with Gasteiger partial charge >= 0.3 is 17.9 Å². The van der Waals surface area contributed by atoms with Gasteiger partial charge in [0.2, 0.25) is 0 Å². The van der Waals surface area contributed by atoms with Gasteiger partial charge in [0, 0.05) is 19.3 Å². The van der Waals surface area contributed by atoms with Crippen molar-refractivity contribution >= 4 is 17.9 Å². The maximum atomic E-state index is 12.9. The lowest BCUT2D eigenvalue weighted by atomic mass is 10.0. The van der Waals surface area contributed by atoms with E-state index < -0.39 is 6.10 Å². The quantitative estimate of drug-likeness (QED) is 0.0262. The van der Waals surface area contributed by atoms with E-state index in [9.17, 15) is 14.4 Å². The molecule has 0 unspecified atom stereocenters. The highest BCUT2D eigenvalue weighted by Crippen LogP contribution is 2.17. The van der Waals surface area contributed by atoms with Crippen molar-refractivity contribution < 1.29 is 28.6 Å². The third-order valence-electron chi connectivity index (χ3n) is 13.5. The molecule has 0 aromatic carbocycles. The van der Waals surface area contributed by atoms with Crippen LogP contribution in [0, 0.1) is 0 Å². The molecule has 0 aliphatic carbocycles. The lowest BCUT2D eigenvalue weighted by Gasteiger charge is -2.18. The molecular formula is C60H114O6. The molecule has 6 heteroatoms. The molecule has 0 radical (unpaired) electrons. The van der Waals surface area contributed by atoms with Crippen LogP contribution in [0.2, 0.25) is 0 Å². The number of ether oxygens (including phenoxy) is 3. The van der Waals surface area contributed by atoms with Crippen molar-refractivity contribution in [2.45, 2.75) is 341 Å². The first kappa shape index (κ1) is 64.2. The molecule has 0 fully saturated rings. The Morgan fingerprint density at radius 1 is 0.288 bits per heavy atom. The summed E-state index contributed by atoms with van der Waals surface area (Å²) in [6.07, 6.45) is 63.4. The minimum Gasteiger partial charge on any atom is -0.462 e. The number of allylic oxidation sites excluding steroid dienone is 2. The average molecular weight is 932 g/mol. The first-order valence-corrected chi connectivity index (χ1v) is 29.7. The van der Waals surface area contributed by atoms with Crippen LogP contribution in [0.5, 0.6) is 0 Å². The summed E-state index contributed by atoms with van der Waals surface area (Å²) in [6.45, 7) is 6.69. The Morgan fingerprint density at radius 3 is 0.758 bits per heavy atom. The smallest absolute Gasteiger partial charge is 0.306 e. The molecule has 0 spiro atoms. The van der Waals surface area contributed by atoms with Crippen molar-refractivity contribution in [3.8, 4) is 0 Å². The van der Waals surface area contributed by atoms with E-state index in [2.05, 4.69) is 32.9 Å². The fraction of sp³-hybridized carbons (Fsp3) is 0.917.